The maximum absolute atomic E-state index is 11.8. The van der Waals surface area contributed by atoms with E-state index >= 15 is 0 Å². The second kappa shape index (κ2) is 6.05. The Morgan fingerprint density at radius 1 is 1.33 bits per heavy atom. The Morgan fingerprint density at radius 3 is 2.56 bits per heavy atom. The van der Waals surface area contributed by atoms with Crippen LogP contribution in [0.15, 0.2) is 24.3 Å². The first kappa shape index (κ1) is 14.0. The molecule has 98 valence electrons. The number of aliphatic carboxylic acids is 1. The fourth-order valence-electron chi connectivity index (χ4n) is 1.46. The fraction of sp³-hybridized carbons (Fsp3) is 0.385. The SMILES string of the molecule is COc1cccc(C(C)C(=O)N[C@H](C)C(=O)O)c1. The van der Waals surface area contributed by atoms with Gasteiger partial charge in [0.2, 0.25) is 5.91 Å². The Balaban J connectivity index is 2.76. The highest BCUT2D eigenvalue weighted by atomic mass is 16.5. The molecule has 1 unspecified atom stereocenters. The van der Waals surface area contributed by atoms with Crippen molar-refractivity contribution < 1.29 is 19.4 Å². The van der Waals surface area contributed by atoms with E-state index < -0.39 is 17.9 Å². The molecule has 0 bridgehead atoms. The smallest absolute Gasteiger partial charge is 0.325 e. The van der Waals surface area contributed by atoms with Crippen LogP contribution in [0.4, 0.5) is 0 Å². The van der Waals surface area contributed by atoms with Crippen LogP contribution in [-0.2, 0) is 9.59 Å². The lowest BCUT2D eigenvalue weighted by Gasteiger charge is -2.15. The summed E-state index contributed by atoms with van der Waals surface area (Å²) in [7, 11) is 1.55. The summed E-state index contributed by atoms with van der Waals surface area (Å²) in [5.41, 5.74) is 0.782. The minimum absolute atomic E-state index is 0.321. The monoisotopic (exact) mass is 251 g/mol. The Hall–Kier alpha value is -2.04. The predicted molar refractivity (Wildman–Crippen MR) is 66.6 cm³/mol. The molecule has 0 aliphatic rings. The van der Waals surface area contributed by atoms with Crippen molar-refractivity contribution in [2.24, 2.45) is 0 Å². The Labute approximate surface area is 106 Å². The number of hydrogen-bond acceptors (Lipinski definition) is 3. The molecule has 2 N–H and O–H groups in total. The first-order chi connectivity index (χ1) is 8.45. The minimum Gasteiger partial charge on any atom is -0.497 e. The largest absolute Gasteiger partial charge is 0.497 e. The number of carbonyl (C=O) groups excluding carboxylic acids is 1. The van der Waals surface area contributed by atoms with E-state index in [-0.39, 0.29) is 5.91 Å². The summed E-state index contributed by atoms with van der Waals surface area (Å²) >= 11 is 0. The van der Waals surface area contributed by atoms with Gasteiger partial charge in [-0.1, -0.05) is 12.1 Å². The molecule has 0 heterocycles. The maximum atomic E-state index is 11.8. The topological polar surface area (TPSA) is 75.6 Å². The molecule has 0 saturated heterocycles. The average molecular weight is 251 g/mol. The van der Waals surface area contributed by atoms with Crippen molar-refractivity contribution >= 4 is 11.9 Å². The van der Waals surface area contributed by atoms with E-state index in [1.54, 1.807) is 38.3 Å². The molecular weight excluding hydrogens is 234 g/mol. The van der Waals surface area contributed by atoms with Gasteiger partial charge in [0, 0.05) is 0 Å². The van der Waals surface area contributed by atoms with Crippen molar-refractivity contribution in [3.05, 3.63) is 29.8 Å². The summed E-state index contributed by atoms with van der Waals surface area (Å²) in [5.74, 6) is -1.14. The molecule has 5 nitrogen and oxygen atoms in total. The Bertz CT molecular complexity index is 444. The minimum atomic E-state index is -1.05. The van der Waals surface area contributed by atoms with Crippen molar-refractivity contribution in [1.29, 1.82) is 0 Å². The molecule has 0 saturated carbocycles. The second-order valence-electron chi connectivity index (χ2n) is 4.07. The van der Waals surface area contributed by atoms with Gasteiger partial charge in [-0.15, -0.1) is 0 Å². The first-order valence-corrected chi connectivity index (χ1v) is 5.62. The van der Waals surface area contributed by atoms with Crippen molar-refractivity contribution in [1.82, 2.24) is 5.32 Å². The van der Waals surface area contributed by atoms with Crippen LogP contribution in [0.2, 0.25) is 0 Å². The third kappa shape index (κ3) is 3.48. The molecule has 2 atom stereocenters. The zero-order chi connectivity index (χ0) is 13.7. The Kier molecular flexibility index (Phi) is 4.71. The summed E-state index contributed by atoms with van der Waals surface area (Å²) in [4.78, 5) is 22.5. The number of hydrogen-bond donors (Lipinski definition) is 2. The van der Waals surface area contributed by atoms with Crippen molar-refractivity contribution in [3.8, 4) is 5.75 Å². The number of carboxylic acids is 1. The number of carbonyl (C=O) groups is 2. The van der Waals surface area contributed by atoms with Crippen LogP contribution in [0.5, 0.6) is 5.75 Å². The van der Waals surface area contributed by atoms with Crippen LogP contribution < -0.4 is 10.1 Å². The van der Waals surface area contributed by atoms with E-state index in [9.17, 15) is 9.59 Å². The van der Waals surface area contributed by atoms with Crippen molar-refractivity contribution in [2.45, 2.75) is 25.8 Å². The lowest BCUT2D eigenvalue weighted by molar-refractivity contribution is -0.141. The lowest BCUT2D eigenvalue weighted by Crippen LogP contribution is -2.40. The van der Waals surface area contributed by atoms with Crippen LogP contribution >= 0.6 is 0 Å². The molecule has 0 aliphatic heterocycles. The van der Waals surface area contributed by atoms with Gasteiger partial charge in [0.15, 0.2) is 0 Å². The van der Waals surface area contributed by atoms with E-state index in [4.69, 9.17) is 9.84 Å². The molecule has 5 heteroatoms. The van der Waals surface area contributed by atoms with Crippen LogP contribution in [-0.4, -0.2) is 30.1 Å². The van der Waals surface area contributed by atoms with Gasteiger partial charge >= 0.3 is 5.97 Å². The van der Waals surface area contributed by atoms with Gasteiger partial charge in [-0.3, -0.25) is 9.59 Å². The number of amides is 1. The first-order valence-electron chi connectivity index (χ1n) is 5.62. The molecule has 1 aromatic rings. The summed E-state index contributed by atoms with van der Waals surface area (Å²) in [5, 5.41) is 11.2. The van der Waals surface area contributed by atoms with Crippen LogP contribution in [0.3, 0.4) is 0 Å². The van der Waals surface area contributed by atoms with E-state index in [0.717, 1.165) is 5.56 Å². The molecule has 0 aromatic heterocycles. The molecule has 1 amide bonds. The van der Waals surface area contributed by atoms with Crippen LogP contribution in [0, 0.1) is 0 Å². The van der Waals surface area contributed by atoms with Gasteiger partial charge in [-0.2, -0.15) is 0 Å². The highest BCUT2D eigenvalue weighted by molar-refractivity contribution is 5.87. The quantitative estimate of drug-likeness (QED) is 0.829. The molecule has 1 rings (SSSR count). The normalized spacial score (nSPS) is 13.5. The number of methoxy groups -OCH3 is 1. The second-order valence-corrected chi connectivity index (χ2v) is 4.07. The molecule has 0 fully saturated rings. The van der Waals surface area contributed by atoms with Gasteiger partial charge in [0.05, 0.1) is 13.0 Å². The maximum Gasteiger partial charge on any atom is 0.325 e. The third-order valence-corrected chi connectivity index (χ3v) is 2.72. The molecule has 0 radical (unpaired) electrons. The molecule has 0 aliphatic carbocycles. The molecule has 18 heavy (non-hydrogen) atoms. The highest BCUT2D eigenvalue weighted by Gasteiger charge is 2.20. The predicted octanol–water partition coefficient (Wildman–Crippen LogP) is 1.39. The van der Waals surface area contributed by atoms with Crippen molar-refractivity contribution in [3.63, 3.8) is 0 Å². The number of ether oxygens (including phenoxy) is 1. The van der Waals surface area contributed by atoms with Gasteiger partial charge in [-0.05, 0) is 31.5 Å². The summed E-state index contributed by atoms with van der Waals surface area (Å²) in [6.45, 7) is 3.15. The van der Waals surface area contributed by atoms with E-state index in [2.05, 4.69) is 5.32 Å². The Morgan fingerprint density at radius 2 is 2.00 bits per heavy atom. The molecule has 1 aromatic carbocycles. The van der Waals surface area contributed by atoms with Crippen molar-refractivity contribution in [2.75, 3.05) is 7.11 Å². The van der Waals surface area contributed by atoms with Gasteiger partial charge in [-0.25, -0.2) is 0 Å². The average Bonchev–Trinajstić information content (AvgIpc) is 2.37. The van der Waals surface area contributed by atoms with Gasteiger partial charge < -0.3 is 15.2 Å². The standard InChI is InChI=1S/C13H17NO4/c1-8(12(15)14-9(2)13(16)17)10-5-4-6-11(7-10)18-3/h4-9H,1-3H3,(H,14,15)(H,16,17)/t8?,9-/m1/s1. The van der Waals surface area contributed by atoms with E-state index in [1.807, 2.05) is 0 Å². The molecular formula is C13H17NO4. The summed E-state index contributed by atoms with van der Waals surface area (Å²) in [6, 6.07) is 6.24. The zero-order valence-corrected chi connectivity index (χ0v) is 10.6. The number of rotatable bonds is 5. The van der Waals surface area contributed by atoms with Gasteiger partial charge in [0.1, 0.15) is 11.8 Å². The number of benzene rings is 1. The molecule has 0 spiro atoms. The number of carboxylic acid groups (broad SMARTS) is 1. The fourth-order valence-corrected chi connectivity index (χ4v) is 1.46. The lowest BCUT2D eigenvalue weighted by atomic mass is 10.00. The van der Waals surface area contributed by atoms with E-state index in [1.165, 1.54) is 6.92 Å². The third-order valence-electron chi connectivity index (χ3n) is 2.72. The van der Waals surface area contributed by atoms with Crippen LogP contribution in [0.1, 0.15) is 25.3 Å². The highest BCUT2D eigenvalue weighted by Crippen LogP contribution is 2.20. The zero-order valence-electron chi connectivity index (χ0n) is 10.6. The van der Waals surface area contributed by atoms with E-state index in [0.29, 0.717) is 5.75 Å². The number of nitrogens with one attached hydrogen (secondary N) is 1. The summed E-state index contributed by atoms with van der Waals surface area (Å²) in [6.07, 6.45) is 0. The van der Waals surface area contributed by atoms with Gasteiger partial charge in [0.25, 0.3) is 0 Å². The van der Waals surface area contributed by atoms with Crippen LogP contribution in [0.25, 0.3) is 0 Å². The summed E-state index contributed by atoms with van der Waals surface area (Å²) < 4.78 is 5.08.